The maximum absolute atomic E-state index is 5.99. The Morgan fingerprint density at radius 1 is 1.20 bits per heavy atom. The molecule has 2 aromatic rings. The summed E-state index contributed by atoms with van der Waals surface area (Å²) in [5.74, 6) is 2.04. The highest BCUT2D eigenvalue weighted by molar-refractivity contribution is 5.89. The fourth-order valence-electron chi connectivity index (χ4n) is 2.45. The SMILES string of the molecule is COc1cc2ccnc(OC3CCNC3)c2cc1OC. The van der Waals surface area contributed by atoms with Gasteiger partial charge in [-0.3, -0.25) is 0 Å². The number of fused-ring (bicyclic) bond motifs is 1. The quantitative estimate of drug-likeness (QED) is 0.924. The molecule has 0 radical (unpaired) electrons. The average Bonchev–Trinajstić information content (AvgIpc) is 2.99. The molecular formula is C15H18N2O3. The molecule has 3 rings (SSSR count). The predicted molar refractivity (Wildman–Crippen MR) is 76.7 cm³/mol. The van der Waals surface area contributed by atoms with Gasteiger partial charge in [-0.1, -0.05) is 0 Å². The van der Waals surface area contributed by atoms with E-state index in [1.54, 1.807) is 20.4 Å². The normalized spacial score (nSPS) is 18.2. The lowest BCUT2D eigenvalue weighted by Crippen LogP contribution is -2.20. The van der Waals surface area contributed by atoms with Crippen LogP contribution in [0.1, 0.15) is 6.42 Å². The minimum absolute atomic E-state index is 0.182. The fraction of sp³-hybridized carbons (Fsp3) is 0.400. The second kappa shape index (κ2) is 5.54. The molecule has 0 spiro atoms. The molecule has 1 unspecified atom stereocenters. The number of ether oxygens (including phenoxy) is 3. The molecule has 1 atom stereocenters. The lowest BCUT2D eigenvalue weighted by Gasteiger charge is -2.15. The Labute approximate surface area is 117 Å². The van der Waals surface area contributed by atoms with Gasteiger partial charge in [0.2, 0.25) is 5.88 Å². The van der Waals surface area contributed by atoms with E-state index in [1.165, 1.54) is 0 Å². The Morgan fingerprint density at radius 3 is 2.70 bits per heavy atom. The van der Waals surface area contributed by atoms with Crippen LogP contribution < -0.4 is 19.5 Å². The van der Waals surface area contributed by atoms with Gasteiger partial charge in [-0.25, -0.2) is 4.98 Å². The molecular weight excluding hydrogens is 256 g/mol. The molecule has 1 fully saturated rings. The first-order valence-corrected chi connectivity index (χ1v) is 6.70. The lowest BCUT2D eigenvalue weighted by atomic mass is 10.1. The van der Waals surface area contributed by atoms with Crippen LogP contribution in [-0.4, -0.2) is 38.4 Å². The van der Waals surface area contributed by atoms with Crippen LogP contribution in [0.4, 0.5) is 0 Å². The van der Waals surface area contributed by atoms with Crippen LogP contribution in [0.3, 0.4) is 0 Å². The zero-order chi connectivity index (χ0) is 13.9. The first kappa shape index (κ1) is 13.0. The van der Waals surface area contributed by atoms with Gasteiger partial charge in [0, 0.05) is 18.1 Å². The van der Waals surface area contributed by atoms with Crippen LogP contribution in [0.5, 0.6) is 17.4 Å². The molecule has 2 heterocycles. The number of hydrogen-bond acceptors (Lipinski definition) is 5. The largest absolute Gasteiger partial charge is 0.493 e. The van der Waals surface area contributed by atoms with Gasteiger partial charge in [0.25, 0.3) is 0 Å². The molecule has 20 heavy (non-hydrogen) atoms. The Morgan fingerprint density at radius 2 is 2.00 bits per heavy atom. The Bertz CT molecular complexity index is 609. The molecule has 1 saturated heterocycles. The van der Waals surface area contributed by atoms with Gasteiger partial charge < -0.3 is 19.5 Å². The van der Waals surface area contributed by atoms with Crippen molar-refractivity contribution >= 4 is 10.8 Å². The van der Waals surface area contributed by atoms with Gasteiger partial charge in [-0.15, -0.1) is 0 Å². The van der Waals surface area contributed by atoms with Gasteiger partial charge in [-0.2, -0.15) is 0 Å². The highest BCUT2D eigenvalue weighted by Crippen LogP contribution is 2.35. The van der Waals surface area contributed by atoms with Crippen LogP contribution in [0.25, 0.3) is 10.8 Å². The van der Waals surface area contributed by atoms with Crippen LogP contribution in [0, 0.1) is 0 Å². The van der Waals surface area contributed by atoms with E-state index >= 15 is 0 Å². The minimum atomic E-state index is 0.182. The topological polar surface area (TPSA) is 52.6 Å². The summed E-state index contributed by atoms with van der Waals surface area (Å²) >= 11 is 0. The average molecular weight is 274 g/mol. The van der Waals surface area contributed by atoms with E-state index in [0.29, 0.717) is 17.4 Å². The standard InChI is InChI=1S/C15H18N2O3/c1-18-13-7-10-3-6-17-15(12(10)8-14(13)19-2)20-11-4-5-16-9-11/h3,6-8,11,16H,4-5,9H2,1-2H3. The van der Waals surface area contributed by atoms with Gasteiger partial charge >= 0.3 is 0 Å². The fourth-order valence-corrected chi connectivity index (χ4v) is 2.45. The van der Waals surface area contributed by atoms with E-state index in [4.69, 9.17) is 14.2 Å². The van der Waals surface area contributed by atoms with Gasteiger partial charge in [0.15, 0.2) is 11.5 Å². The monoisotopic (exact) mass is 274 g/mol. The van der Waals surface area contributed by atoms with Crippen molar-refractivity contribution < 1.29 is 14.2 Å². The summed E-state index contributed by atoms with van der Waals surface area (Å²) in [6.07, 6.45) is 2.94. The van der Waals surface area contributed by atoms with Crippen LogP contribution in [-0.2, 0) is 0 Å². The van der Waals surface area contributed by atoms with Crippen molar-refractivity contribution in [1.29, 1.82) is 0 Å². The molecule has 106 valence electrons. The summed E-state index contributed by atoms with van der Waals surface area (Å²) in [7, 11) is 3.26. The summed E-state index contributed by atoms with van der Waals surface area (Å²) in [5.41, 5.74) is 0. The highest BCUT2D eigenvalue weighted by Gasteiger charge is 2.18. The van der Waals surface area contributed by atoms with Crippen LogP contribution in [0.15, 0.2) is 24.4 Å². The van der Waals surface area contributed by atoms with Crippen molar-refractivity contribution in [2.24, 2.45) is 0 Å². The third-order valence-corrected chi connectivity index (χ3v) is 3.53. The number of rotatable bonds is 4. The van der Waals surface area contributed by atoms with Gasteiger partial charge in [-0.05, 0) is 36.6 Å². The maximum Gasteiger partial charge on any atom is 0.221 e. The lowest BCUT2D eigenvalue weighted by molar-refractivity contribution is 0.217. The third kappa shape index (κ3) is 2.36. The molecule has 1 aromatic carbocycles. The molecule has 1 aliphatic rings. The number of nitrogens with zero attached hydrogens (tertiary/aromatic N) is 1. The van der Waals surface area contributed by atoms with E-state index < -0.39 is 0 Å². The molecule has 0 bridgehead atoms. The molecule has 0 aliphatic carbocycles. The van der Waals surface area contributed by atoms with Crippen molar-refractivity contribution in [1.82, 2.24) is 10.3 Å². The van der Waals surface area contributed by atoms with Gasteiger partial charge in [0.1, 0.15) is 6.10 Å². The van der Waals surface area contributed by atoms with E-state index in [9.17, 15) is 0 Å². The minimum Gasteiger partial charge on any atom is -0.493 e. The second-order valence-electron chi connectivity index (χ2n) is 4.78. The van der Waals surface area contributed by atoms with E-state index in [-0.39, 0.29) is 6.10 Å². The van der Waals surface area contributed by atoms with Crippen molar-refractivity contribution in [2.75, 3.05) is 27.3 Å². The van der Waals surface area contributed by atoms with Crippen molar-refractivity contribution in [3.63, 3.8) is 0 Å². The molecule has 5 nitrogen and oxygen atoms in total. The summed E-state index contributed by atoms with van der Waals surface area (Å²) in [4.78, 5) is 4.35. The van der Waals surface area contributed by atoms with Crippen LogP contribution in [0.2, 0.25) is 0 Å². The molecule has 5 heteroatoms. The summed E-state index contributed by atoms with van der Waals surface area (Å²) < 4.78 is 16.7. The van der Waals surface area contributed by atoms with Gasteiger partial charge in [0.05, 0.1) is 14.2 Å². The number of aromatic nitrogens is 1. The van der Waals surface area contributed by atoms with E-state index in [0.717, 1.165) is 30.3 Å². The second-order valence-corrected chi connectivity index (χ2v) is 4.78. The summed E-state index contributed by atoms with van der Waals surface area (Å²) in [6.45, 7) is 1.86. The first-order chi connectivity index (χ1) is 9.81. The van der Waals surface area contributed by atoms with Crippen LogP contribution >= 0.6 is 0 Å². The molecule has 1 aliphatic heterocycles. The highest BCUT2D eigenvalue weighted by atomic mass is 16.5. The number of pyridine rings is 1. The van der Waals surface area contributed by atoms with Crippen molar-refractivity contribution in [3.8, 4) is 17.4 Å². The summed E-state index contributed by atoms with van der Waals surface area (Å²) in [5, 5.41) is 5.25. The zero-order valence-corrected chi connectivity index (χ0v) is 11.7. The van der Waals surface area contributed by atoms with Crippen molar-refractivity contribution in [2.45, 2.75) is 12.5 Å². The molecule has 0 saturated carbocycles. The summed E-state index contributed by atoms with van der Waals surface area (Å²) in [6, 6.07) is 5.80. The molecule has 0 amide bonds. The van der Waals surface area contributed by atoms with E-state index in [2.05, 4.69) is 10.3 Å². The number of nitrogens with one attached hydrogen (secondary N) is 1. The molecule has 1 N–H and O–H groups in total. The van der Waals surface area contributed by atoms with Crippen molar-refractivity contribution in [3.05, 3.63) is 24.4 Å². The first-order valence-electron chi connectivity index (χ1n) is 6.70. The predicted octanol–water partition coefficient (Wildman–Crippen LogP) is 1.99. The zero-order valence-electron chi connectivity index (χ0n) is 11.7. The number of methoxy groups -OCH3 is 2. The third-order valence-electron chi connectivity index (χ3n) is 3.53. The Balaban J connectivity index is 2.03. The molecule has 1 aromatic heterocycles. The smallest absolute Gasteiger partial charge is 0.221 e. The Hall–Kier alpha value is -2.01. The number of benzene rings is 1. The number of hydrogen-bond donors (Lipinski definition) is 1. The maximum atomic E-state index is 5.99. The van der Waals surface area contributed by atoms with E-state index in [1.807, 2.05) is 18.2 Å². The Kier molecular flexibility index (Phi) is 3.60.